The highest BCUT2D eigenvalue weighted by molar-refractivity contribution is 7.13. The number of hydrogen-bond donors (Lipinski definition) is 2. The molecule has 0 saturated carbocycles. The van der Waals surface area contributed by atoms with Crippen molar-refractivity contribution < 1.29 is 9.90 Å². The Balaban J connectivity index is 1.99. The minimum absolute atomic E-state index is 0.0576. The van der Waals surface area contributed by atoms with Gasteiger partial charge in [0.2, 0.25) is 5.91 Å². The topological polar surface area (TPSA) is 92.9 Å². The fourth-order valence-electron chi connectivity index (χ4n) is 1.40. The summed E-state index contributed by atoms with van der Waals surface area (Å²) in [5.74, 6) is -0.137. The molecule has 0 fully saturated rings. The predicted octanol–water partition coefficient (Wildman–Crippen LogP) is 0.276. The molecule has 0 radical (unpaired) electrons. The number of amides is 1. The third-order valence-corrected chi connectivity index (χ3v) is 2.92. The summed E-state index contributed by atoms with van der Waals surface area (Å²) in [6.07, 6.45) is 2.27. The lowest BCUT2D eigenvalue weighted by Gasteiger charge is -1.96. The van der Waals surface area contributed by atoms with Crippen LogP contribution in [0.5, 0.6) is 0 Å². The molecule has 18 heavy (non-hydrogen) atoms. The van der Waals surface area contributed by atoms with Gasteiger partial charge in [0.15, 0.2) is 5.13 Å². The first-order valence-corrected chi connectivity index (χ1v) is 6.27. The largest absolute Gasteiger partial charge is 0.396 e. The van der Waals surface area contributed by atoms with E-state index in [1.54, 1.807) is 10.9 Å². The predicted molar refractivity (Wildman–Crippen MR) is 66.3 cm³/mol. The van der Waals surface area contributed by atoms with Crippen LogP contribution in [0.1, 0.15) is 18.3 Å². The second-order valence-electron chi connectivity index (χ2n) is 3.71. The fourth-order valence-corrected chi connectivity index (χ4v) is 2.15. The van der Waals surface area contributed by atoms with E-state index in [1.807, 2.05) is 5.38 Å². The molecule has 0 bridgehead atoms. The van der Waals surface area contributed by atoms with Gasteiger partial charge in [0.05, 0.1) is 17.9 Å². The summed E-state index contributed by atoms with van der Waals surface area (Å²) >= 11 is 1.37. The first-order valence-electron chi connectivity index (χ1n) is 5.39. The molecule has 0 spiro atoms. The van der Waals surface area contributed by atoms with E-state index in [0.717, 1.165) is 11.4 Å². The number of carbonyl (C=O) groups excluding carboxylic acids is 1. The minimum Gasteiger partial charge on any atom is -0.396 e. The fraction of sp³-hybridized carbons (Fsp3) is 0.400. The van der Waals surface area contributed by atoms with Gasteiger partial charge in [0, 0.05) is 31.5 Å². The maximum Gasteiger partial charge on any atom is 0.223 e. The molecule has 2 aromatic heterocycles. The molecular weight excluding hydrogens is 254 g/mol. The van der Waals surface area contributed by atoms with Crippen LogP contribution in [0.15, 0.2) is 11.6 Å². The number of hydrogen-bond acceptors (Lipinski definition) is 6. The Morgan fingerprint density at radius 1 is 1.56 bits per heavy atom. The van der Waals surface area contributed by atoms with Gasteiger partial charge in [-0.2, -0.15) is 0 Å². The maximum atomic E-state index is 10.9. The van der Waals surface area contributed by atoms with Gasteiger partial charge in [-0.3, -0.25) is 4.79 Å². The number of nitrogens with zero attached hydrogens (tertiary/aromatic N) is 4. The maximum absolute atomic E-state index is 10.9. The second-order valence-corrected chi connectivity index (χ2v) is 4.56. The molecular formula is C10H13N5O2S. The molecule has 2 N–H and O–H groups in total. The van der Waals surface area contributed by atoms with Gasteiger partial charge < -0.3 is 10.4 Å². The molecule has 0 aromatic carbocycles. The van der Waals surface area contributed by atoms with Gasteiger partial charge in [0.1, 0.15) is 0 Å². The van der Waals surface area contributed by atoms with Crippen LogP contribution < -0.4 is 5.32 Å². The van der Waals surface area contributed by atoms with E-state index in [0.29, 0.717) is 18.1 Å². The first-order chi connectivity index (χ1) is 8.67. The molecule has 8 heteroatoms. The number of aliphatic hydroxyl groups is 1. The van der Waals surface area contributed by atoms with Crippen molar-refractivity contribution in [1.29, 1.82) is 0 Å². The molecule has 96 valence electrons. The van der Waals surface area contributed by atoms with Crippen molar-refractivity contribution >= 4 is 22.4 Å². The molecule has 0 aliphatic heterocycles. The lowest BCUT2D eigenvalue weighted by Crippen LogP contribution is -2.06. The number of carbonyl (C=O) groups is 1. The zero-order chi connectivity index (χ0) is 13.0. The summed E-state index contributed by atoms with van der Waals surface area (Å²) in [5, 5.41) is 21.7. The molecule has 7 nitrogen and oxygen atoms in total. The molecule has 2 aromatic rings. The van der Waals surface area contributed by atoms with Crippen LogP contribution in [-0.4, -0.2) is 37.6 Å². The molecule has 1 amide bonds. The van der Waals surface area contributed by atoms with Gasteiger partial charge in [-0.1, -0.05) is 5.21 Å². The number of thiazole rings is 1. The van der Waals surface area contributed by atoms with Gasteiger partial charge in [-0.05, 0) is 0 Å². The average molecular weight is 267 g/mol. The second kappa shape index (κ2) is 5.69. The van der Waals surface area contributed by atoms with Crippen LogP contribution in [0.2, 0.25) is 0 Å². The monoisotopic (exact) mass is 267 g/mol. The van der Waals surface area contributed by atoms with Gasteiger partial charge in [-0.25, -0.2) is 9.67 Å². The highest BCUT2D eigenvalue weighted by atomic mass is 32.1. The van der Waals surface area contributed by atoms with Crippen molar-refractivity contribution in [3.8, 4) is 0 Å². The highest BCUT2D eigenvalue weighted by Gasteiger charge is 2.06. The standard InChI is InChI=1S/C10H13N5O2S/c1-7(17)11-10-12-9(6-18-10)5-15-4-8(2-3-16)13-14-15/h4,6,16H,2-3,5H2,1H3,(H,11,12,17). The SMILES string of the molecule is CC(=O)Nc1nc(Cn2cc(CCO)nn2)cs1. The van der Waals surface area contributed by atoms with Crippen molar-refractivity contribution in [2.45, 2.75) is 19.9 Å². The number of anilines is 1. The van der Waals surface area contributed by atoms with Crippen LogP contribution in [0, 0.1) is 0 Å². The summed E-state index contributed by atoms with van der Waals surface area (Å²) in [6, 6.07) is 0. The van der Waals surface area contributed by atoms with Crippen LogP contribution in [0.4, 0.5) is 5.13 Å². The molecule has 0 unspecified atom stereocenters. The zero-order valence-corrected chi connectivity index (χ0v) is 10.6. The Morgan fingerprint density at radius 3 is 3.11 bits per heavy atom. The van der Waals surface area contributed by atoms with Gasteiger partial charge in [0.25, 0.3) is 0 Å². The van der Waals surface area contributed by atoms with Crippen LogP contribution in [0.25, 0.3) is 0 Å². The summed E-state index contributed by atoms with van der Waals surface area (Å²) in [7, 11) is 0. The Morgan fingerprint density at radius 2 is 2.39 bits per heavy atom. The molecule has 2 heterocycles. The smallest absolute Gasteiger partial charge is 0.223 e. The summed E-state index contributed by atoms with van der Waals surface area (Å²) in [4.78, 5) is 15.1. The molecule has 0 aliphatic carbocycles. The third kappa shape index (κ3) is 3.34. The van der Waals surface area contributed by atoms with Gasteiger partial charge in [-0.15, -0.1) is 16.4 Å². The number of aromatic nitrogens is 4. The number of rotatable bonds is 5. The quantitative estimate of drug-likeness (QED) is 0.811. The number of nitrogens with one attached hydrogen (secondary N) is 1. The molecule has 0 saturated heterocycles. The van der Waals surface area contributed by atoms with E-state index in [4.69, 9.17) is 5.11 Å². The normalized spacial score (nSPS) is 10.6. The molecule has 2 rings (SSSR count). The van der Waals surface area contributed by atoms with Crippen molar-refractivity contribution in [2.24, 2.45) is 0 Å². The van der Waals surface area contributed by atoms with Crippen LogP contribution in [-0.2, 0) is 17.8 Å². The van der Waals surface area contributed by atoms with Gasteiger partial charge >= 0.3 is 0 Å². The molecule has 0 atom stereocenters. The Kier molecular flexibility index (Phi) is 4.00. The van der Waals surface area contributed by atoms with Crippen molar-refractivity contribution in [2.75, 3.05) is 11.9 Å². The van der Waals surface area contributed by atoms with Crippen molar-refractivity contribution in [3.63, 3.8) is 0 Å². The molecule has 0 aliphatic rings. The highest BCUT2D eigenvalue weighted by Crippen LogP contribution is 2.15. The van der Waals surface area contributed by atoms with Crippen molar-refractivity contribution in [3.05, 3.63) is 23.0 Å². The summed E-state index contributed by atoms with van der Waals surface area (Å²) < 4.78 is 1.65. The van der Waals surface area contributed by atoms with E-state index in [9.17, 15) is 4.79 Å². The van der Waals surface area contributed by atoms with Crippen molar-refractivity contribution in [1.82, 2.24) is 20.0 Å². The minimum atomic E-state index is -0.137. The van der Waals surface area contributed by atoms with E-state index in [-0.39, 0.29) is 12.5 Å². The summed E-state index contributed by atoms with van der Waals surface area (Å²) in [5.41, 5.74) is 1.55. The zero-order valence-electron chi connectivity index (χ0n) is 9.83. The lowest BCUT2D eigenvalue weighted by molar-refractivity contribution is -0.114. The van der Waals surface area contributed by atoms with E-state index in [1.165, 1.54) is 18.3 Å². The van der Waals surface area contributed by atoms with E-state index < -0.39 is 0 Å². The number of aliphatic hydroxyl groups excluding tert-OH is 1. The Labute approximate surface area is 107 Å². The first kappa shape index (κ1) is 12.7. The van der Waals surface area contributed by atoms with E-state index >= 15 is 0 Å². The van der Waals surface area contributed by atoms with Crippen LogP contribution in [0.3, 0.4) is 0 Å². The van der Waals surface area contributed by atoms with E-state index in [2.05, 4.69) is 20.6 Å². The summed E-state index contributed by atoms with van der Waals surface area (Å²) in [6.45, 7) is 2.00. The average Bonchev–Trinajstić information content (AvgIpc) is 2.89. The Hall–Kier alpha value is -1.80. The third-order valence-electron chi connectivity index (χ3n) is 2.11. The van der Waals surface area contributed by atoms with Crippen LogP contribution >= 0.6 is 11.3 Å². The lowest BCUT2D eigenvalue weighted by atomic mass is 10.3. The Bertz CT molecular complexity index is 536.